The summed E-state index contributed by atoms with van der Waals surface area (Å²) in [6.45, 7) is 5.15. The molecule has 1 atom stereocenters. The Kier molecular flexibility index (Phi) is 5.13. The first kappa shape index (κ1) is 12.5. The Morgan fingerprint density at radius 1 is 1.20 bits per heavy atom. The van der Waals surface area contributed by atoms with Gasteiger partial charge in [0.05, 0.1) is 0 Å². The first-order chi connectivity index (χ1) is 7.15. The molecule has 1 nitrogen and oxygen atoms in total. The van der Waals surface area contributed by atoms with Gasteiger partial charge in [-0.25, -0.2) is 0 Å². The molecular weight excluding hydrogens is 206 g/mol. The minimum atomic E-state index is 0.404. The van der Waals surface area contributed by atoms with Gasteiger partial charge in [-0.05, 0) is 36.4 Å². The molecule has 1 unspecified atom stereocenters. The van der Waals surface area contributed by atoms with Gasteiger partial charge in [-0.15, -0.1) is 0 Å². The van der Waals surface area contributed by atoms with Gasteiger partial charge < -0.3 is 5.73 Å². The van der Waals surface area contributed by atoms with Crippen molar-refractivity contribution in [3.05, 3.63) is 34.9 Å². The third-order valence-corrected chi connectivity index (χ3v) is 3.07. The van der Waals surface area contributed by atoms with Crippen molar-refractivity contribution in [2.24, 2.45) is 11.7 Å². The van der Waals surface area contributed by atoms with E-state index in [2.05, 4.69) is 19.9 Å². The van der Waals surface area contributed by atoms with Crippen molar-refractivity contribution in [2.75, 3.05) is 6.54 Å². The van der Waals surface area contributed by atoms with Crippen molar-refractivity contribution in [1.29, 1.82) is 0 Å². The van der Waals surface area contributed by atoms with Gasteiger partial charge in [0.2, 0.25) is 0 Å². The molecular formula is C13H20ClN. The van der Waals surface area contributed by atoms with Crippen LogP contribution in [0.5, 0.6) is 0 Å². The van der Waals surface area contributed by atoms with Crippen molar-refractivity contribution in [1.82, 2.24) is 0 Å². The normalized spacial score (nSPS) is 13.1. The molecule has 2 N–H and O–H groups in total. The number of rotatable bonds is 5. The zero-order valence-electron chi connectivity index (χ0n) is 9.54. The van der Waals surface area contributed by atoms with E-state index in [1.807, 2.05) is 18.2 Å². The van der Waals surface area contributed by atoms with Crippen LogP contribution in [0.2, 0.25) is 5.02 Å². The molecule has 0 saturated heterocycles. The van der Waals surface area contributed by atoms with Crippen LogP contribution in [-0.4, -0.2) is 6.54 Å². The Morgan fingerprint density at radius 3 is 2.40 bits per heavy atom. The number of halogens is 1. The fourth-order valence-electron chi connectivity index (χ4n) is 1.74. The third-order valence-electron chi connectivity index (χ3n) is 2.72. The number of hydrogen-bond acceptors (Lipinski definition) is 1. The molecule has 0 amide bonds. The summed E-state index contributed by atoms with van der Waals surface area (Å²) in [4.78, 5) is 0. The van der Waals surface area contributed by atoms with Gasteiger partial charge in [-0.1, -0.05) is 50.1 Å². The van der Waals surface area contributed by atoms with Crippen LogP contribution in [0.4, 0.5) is 0 Å². The van der Waals surface area contributed by atoms with E-state index >= 15 is 0 Å². The molecule has 0 fully saturated rings. The van der Waals surface area contributed by atoms with Crippen LogP contribution < -0.4 is 5.73 Å². The molecule has 0 aliphatic heterocycles. The highest BCUT2D eigenvalue weighted by Crippen LogP contribution is 2.28. The summed E-state index contributed by atoms with van der Waals surface area (Å²) in [5, 5.41) is 0.844. The molecule has 2 heteroatoms. The summed E-state index contributed by atoms with van der Waals surface area (Å²) in [5.41, 5.74) is 7.00. The monoisotopic (exact) mass is 225 g/mol. The Labute approximate surface area is 97.6 Å². The van der Waals surface area contributed by atoms with Crippen molar-refractivity contribution < 1.29 is 0 Å². The smallest absolute Gasteiger partial charge is 0.0441 e. The summed E-state index contributed by atoms with van der Waals surface area (Å²) < 4.78 is 0. The number of benzene rings is 1. The minimum Gasteiger partial charge on any atom is -0.330 e. The largest absolute Gasteiger partial charge is 0.330 e. The Bertz CT molecular complexity index is 296. The number of hydrogen-bond donors (Lipinski definition) is 1. The molecule has 0 saturated carbocycles. The molecule has 1 rings (SSSR count). The maximum atomic E-state index is 6.16. The molecule has 0 aliphatic rings. The van der Waals surface area contributed by atoms with Crippen molar-refractivity contribution >= 4 is 11.6 Å². The quantitative estimate of drug-likeness (QED) is 0.810. The zero-order chi connectivity index (χ0) is 11.3. The van der Waals surface area contributed by atoms with Gasteiger partial charge >= 0.3 is 0 Å². The molecule has 1 aromatic carbocycles. The van der Waals surface area contributed by atoms with Crippen LogP contribution in [0.25, 0.3) is 0 Å². The van der Waals surface area contributed by atoms with Crippen molar-refractivity contribution in [3.63, 3.8) is 0 Å². The second kappa shape index (κ2) is 6.14. The predicted molar refractivity (Wildman–Crippen MR) is 67.3 cm³/mol. The summed E-state index contributed by atoms with van der Waals surface area (Å²) in [5.74, 6) is 1.13. The maximum Gasteiger partial charge on any atom is 0.0441 e. The fourth-order valence-corrected chi connectivity index (χ4v) is 2.03. The molecule has 0 bridgehead atoms. The highest BCUT2D eigenvalue weighted by atomic mass is 35.5. The Balaban J connectivity index is 2.70. The molecule has 0 aromatic heterocycles. The highest BCUT2D eigenvalue weighted by Gasteiger charge is 2.12. The molecule has 1 aromatic rings. The van der Waals surface area contributed by atoms with Crippen LogP contribution in [-0.2, 0) is 0 Å². The lowest BCUT2D eigenvalue weighted by Crippen LogP contribution is -2.13. The van der Waals surface area contributed by atoms with Gasteiger partial charge in [0.1, 0.15) is 0 Å². The molecule has 15 heavy (non-hydrogen) atoms. The maximum absolute atomic E-state index is 6.16. The van der Waals surface area contributed by atoms with Crippen molar-refractivity contribution in [3.8, 4) is 0 Å². The van der Waals surface area contributed by atoms with Crippen molar-refractivity contribution in [2.45, 2.75) is 32.6 Å². The van der Waals surface area contributed by atoms with Gasteiger partial charge in [-0.3, -0.25) is 0 Å². The van der Waals surface area contributed by atoms with Gasteiger partial charge in [0.25, 0.3) is 0 Å². The molecule has 84 valence electrons. The Hall–Kier alpha value is -0.530. The van der Waals surface area contributed by atoms with E-state index in [1.54, 1.807) is 0 Å². The van der Waals surface area contributed by atoms with E-state index in [-0.39, 0.29) is 0 Å². The van der Waals surface area contributed by atoms with Crippen LogP contribution >= 0.6 is 11.6 Å². The zero-order valence-corrected chi connectivity index (χ0v) is 10.3. The molecule has 0 spiro atoms. The first-order valence-corrected chi connectivity index (χ1v) is 5.97. The topological polar surface area (TPSA) is 26.0 Å². The summed E-state index contributed by atoms with van der Waals surface area (Å²) in [7, 11) is 0. The third kappa shape index (κ3) is 3.84. The van der Waals surface area contributed by atoms with Gasteiger partial charge in [0.15, 0.2) is 0 Å². The number of nitrogens with two attached hydrogens (primary N) is 1. The standard InChI is InChI=1S/C13H20ClN/c1-10(2)7-8-11(9-15)12-5-3-4-6-13(12)14/h3-6,10-11H,7-9,15H2,1-2H3. The summed E-state index contributed by atoms with van der Waals surface area (Å²) in [6, 6.07) is 8.01. The van der Waals surface area contributed by atoms with E-state index in [9.17, 15) is 0 Å². The molecule has 0 aliphatic carbocycles. The lowest BCUT2D eigenvalue weighted by molar-refractivity contribution is 0.503. The Morgan fingerprint density at radius 2 is 1.87 bits per heavy atom. The molecule has 0 radical (unpaired) electrons. The van der Waals surface area contributed by atoms with E-state index in [1.165, 1.54) is 12.0 Å². The van der Waals surface area contributed by atoms with Crippen LogP contribution in [0.15, 0.2) is 24.3 Å². The van der Waals surface area contributed by atoms with Crippen LogP contribution in [0, 0.1) is 5.92 Å². The highest BCUT2D eigenvalue weighted by molar-refractivity contribution is 6.31. The first-order valence-electron chi connectivity index (χ1n) is 5.59. The lowest BCUT2D eigenvalue weighted by Gasteiger charge is -2.17. The fraction of sp³-hybridized carbons (Fsp3) is 0.538. The van der Waals surface area contributed by atoms with E-state index in [0.29, 0.717) is 12.5 Å². The van der Waals surface area contributed by atoms with Gasteiger partial charge in [0, 0.05) is 5.02 Å². The minimum absolute atomic E-state index is 0.404. The van der Waals surface area contributed by atoms with Crippen LogP contribution in [0.3, 0.4) is 0 Å². The SMILES string of the molecule is CC(C)CCC(CN)c1ccccc1Cl. The molecule has 0 heterocycles. The van der Waals surface area contributed by atoms with E-state index in [0.717, 1.165) is 17.4 Å². The summed E-state index contributed by atoms with van der Waals surface area (Å²) >= 11 is 6.16. The van der Waals surface area contributed by atoms with E-state index < -0.39 is 0 Å². The summed E-state index contributed by atoms with van der Waals surface area (Å²) in [6.07, 6.45) is 2.32. The van der Waals surface area contributed by atoms with Gasteiger partial charge in [-0.2, -0.15) is 0 Å². The average molecular weight is 226 g/mol. The lowest BCUT2D eigenvalue weighted by atomic mass is 9.91. The average Bonchev–Trinajstić information content (AvgIpc) is 2.21. The predicted octanol–water partition coefficient (Wildman–Crippen LogP) is 3.82. The second-order valence-corrected chi connectivity index (χ2v) is 4.83. The van der Waals surface area contributed by atoms with E-state index in [4.69, 9.17) is 17.3 Å². The van der Waals surface area contributed by atoms with Crippen LogP contribution in [0.1, 0.15) is 38.2 Å². The second-order valence-electron chi connectivity index (χ2n) is 4.43.